The van der Waals surface area contributed by atoms with Gasteiger partial charge in [0.15, 0.2) is 0 Å². The average Bonchev–Trinajstić information content (AvgIpc) is 3.10. The molecule has 0 radical (unpaired) electrons. The zero-order valence-corrected chi connectivity index (χ0v) is 14.5. The Morgan fingerprint density at radius 1 is 1.08 bits per heavy atom. The molecule has 1 atom stereocenters. The van der Waals surface area contributed by atoms with Crippen LogP contribution in [0.3, 0.4) is 0 Å². The molecule has 1 heterocycles. The summed E-state index contributed by atoms with van der Waals surface area (Å²) in [6.45, 7) is 0.716. The van der Waals surface area contributed by atoms with Gasteiger partial charge in [0.05, 0.1) is 20.3 Å². The Morgan fingerprint density at radius 3 is 2.29 bits per heavy atom. The number of likely N-dealkylation sites (tertiary alicyclic amines) is 1. The first kappa shape index (κ1) is 16.7. The van der Waals surface area contributed by atoms with E-state index in [4.69, 9.17) is 21.1 Å². The first-order valence-electron chi connectivity index (χ1n) is 7.93. The summed E-state index contributed by atoms with van der Waals surface area (Å²) in [6.07, 6.45) is 1.90. The number of hydrogen-bond acceptors (Lipinski definition) is 3. The fraction of sp³-hybridized carbons (Fsp3) is 0.316. The summed E-state index contributed by atoms with van der Waals surface area (Å²) in [4.78, 5) is 15.1. The van der Waals surface area contributed by atoms with E-state index in [1.165, 1.54) is 0 Å². The molecule has 0 bridgehead atoms. The predicted molar refractivity (Wildman–Crippen MR) is 94.0 cm³/mol. The summed E-state index contributed by atoms with van der Waals surface area (Å²) in [5, 5.41) is 0.695. The van der Waals surface area contributed by atoms with E-state index in [1.807, 2.05) is 35.2 Å². The Kier molecular flexibility index (Phi) is 4.95. The summed E-state index contributed by atoms with van der Waals surface area (Å²) < 4.78 is 10.8. The highest BCUT2D eigenvalue weighted by atomic mass is 35.5. The van der Waals surface area contributed by atoms with Crippen LogP contribution in [0.2, 0.25) is 5.02 Å². The van der Waals surface area contributed by atoms with Gasteiger partial charge in [-0.15, -0.1) is 0 Å². The number of ether oxygens (including phenoxy) is 2. The van der Waals surface area contributed by atoms with Crippen molar-refractivity contribution < 1.29 is 14.3 Å². The summed E-state index contributed by atoms with van der Waals surface area (Å²) in [5.74, 6) is 0.990. The highest BCUT2D eigenvalue weighted by molar-refractivity contribution is 6.30. The van der Waals surface area contributed by atoms with E-state index in [0.717, 1.165) is 18.4 Å². The molecular weight excluding hydrogens is 326 g/mol. The zero-order chi connectivity index (χ0) is 17.1. The number of methoxy groups -OCH3 is 2. The number of hydrogen-bond donors (Lipinski definition) is 0. The van der Waals surface area contributed by atoms with Crippen molar-refractivity contribution >= 4 is 17.5 Å². The lowest BCUT2D eigenvalue weighted by molar-refractivity contribution is 0.0728. The van der Waals surface area contributed by atoms with Crippen LogP contribution < -0.4 is 9.47 Å². The van der Waals surface area contributed by atoms with E-state index in [0.29, 0.717) is 28.6 Å². The molecule has 4 nitrogen and oxygen atoms in total. The third kappa shape index (κ3) is 3.06. The maximum Gasteiger partial charge on any atom is 0.261 e. The van der Waals surface area contributed by atoms with E-state index in [-0.39, 0.29) is 11.9 Å². The van der Waals surface area contributed by atoms with Gasteiger partial charge >= 0.3 is 0 Å². The van der Waals surface area contributed by atoms with Crippen molar-refractivity contribution in [3.05, 3.63) is 58.6 Å². The van der Waals surface area contributed by atoms with E-state index < -0.39 is 0 Å². The minimum Gasteiger partial charge on any atom is -0.496 e. The normalized spacial score (nSPS) is 17.0. The van der Waals surface area contributed by atoms with Gasteiger partial charge in [0.1, 0.15) is 17.1 Å². The lowest BCUT2D eigenvalue weighted by Crippen LogP contribution is -2.31. The fourth-order valence-electron chi connectivity index (χ4n) is 3.25. The third-order valence-corrected chi connectivity index (χ3v) is 4.66. The summed E-state index contributed by atoms with van der Waals surface area (Å²) in [6, 6.07) is 13.1. The first-order chi connectivity index (χ1) is 11.7. The minimum atomic E-state index is -0.0678. The highest BCUT2D eigenvalue weighted by Gasteiger charge is 2.33. The molecule has 0 unspecified atom stereocenters. The molecule has 2 aromatic carbocycles. The predicted octanol–water partition coefficient (Wildman–Crippen LogP) is 4.33. The molecule has 0 saturated carbocycles. The molecule has 24 heavy (non-hydrogen) atoms. The second-order valence-electron chi connectivity index (χ2n) is 5.75. The number of carbonyl (C=O) groups is 1. The molecule has 3 rings (SSSR count). The van der Waals surface area contributed by atoms with E-state index in [1.54, 1.807) is 26.4 Å². The van der Waals surface area contributed by atoms with Crippen LogP contribution in [0, 0.1) is 0 Å². The van der Waals surface area contributed by atoms with Crippen molar-refractivity contribution in [2.45, 2.75) is 18.9 Å². The maximum absolute atomic E-state index is 13.2. The molecule has 2 aromatic rings. The molecule has 1 aliphatic heterocycles. The Hall–Kier alpha value is -2.20. The van der Waals surface area contributed by atoms with Crippen molar-refractivity contribution in [1.29, 1.82) is 0 Å². The molecule has 0 spiro atoms. The molecule has 0 aliphatic carbocycles. The third-order valence-electron chi connectivity index (χ3n) is 4.41. The number of carbonyl (C=O) groups excluding carboxylic acids is 1. The van der Waals surface area contributed by atoms with Crippen LogP contribution in [-0.2, 0) is 0 Å². The molecule has 1 aliphatic rings. The van der Waals surface area contributed by atoms with Crippen LogP contribution in [0.4, 0.5) is 0 Å². The van der Waals surface area contributed by atoms with Crippen LogP contribution in [-0.4, -0.2) is 31.6 Å². The van der Waals surface area contributed by atoms with Crippen molar-refractivity contribution in [3.63, 3.8) is 0 Å². The topological polar surface area (TPSA) is 38.8 Å². The second kappa shape index (κ2) is 7.14. The molecule has 0 aromatic heterocycles. The second-order valence-corrected chi connectivity index (χ2v) is 6.18. The number of halogens is 1. The van der Waals surface area contributed by atoms with E-state index >= 15 is 0 Å². The molecule has 1 fully saturated rings. The summed E-state index contributed by atoms with van der Waals surface area (Å²) >= 11 is 5.98. The minimum absolute atomic E-state index is 0.0457. The van der Waals surface area contributed by atoms with E-state index in [9.17, 15) is 4.79 Å². The smallest absolute Gasteiger partial charge is 0.261 e. The van der Waals surface area contributed by atoms with Crippen LogP contribution in [0.25, 0.3) is 0 Å². The van der Waals surface area contributed by atoms with Crippen LogP contribution >= 0.6 is 11.6 Å². The number of amides is 1. The van der Waals surface area contributed by atoms with Gasteiger partial charge in [0, 0.05) is 11.6 Å². The van der Waals surface area contributed by atoms with Gasteiger partial charge in [0.2, 0.25) is 0 Å². The molecule has 126 valence electrons. The van der Waals surface area contributed by atoms with Crippen LogP contribution in [0.15, 0.2) is 42.5 Å². The lowest BCUT2D eigenvalue weighted by atomic mass is 10.0. The Morgan fingerprint density at radius 2 is 1.71 bits per heavy atom. The average molecular weight is 346 g/mol. The SMILES string of the molecule is COc1cccc(OC)c1C(=O)N1CCC[C@@H]1c1ccc(Cl)cc1. The quantitative estimate of drug-likeness (QED) is 0.827. The standard InChI is InChI=1S/C19H20ClNO3/c1-23-16-6-3-7-17(24-2)18(16)19(22)21-12-4-5-15(21)13-8-10-14(20)11-9-13/h3,6-11,15H,4-5,12H2,1-2H3/t15-/m1/s1. The Labute approximate surface area is 146 Å². The van der Waals surface area contributed by atoms with Crippen molar-refractivity contribution in [1.82, 2.24) is 4.90 Å². The Balaban J connectivity index is 1.96. The van der Waals surface area contributed by atoms with Crippen molar-refractivity contribution in [3.8, 4) is 11.5 Å². The fourth-order valence-corrected chi connectivity index (χ4v) is 3.37. The van der Waals surface area contributed by atoms with Crippen LogP contribution in [0.5, 0.6) is 11.5 Å². The van der Waals surface area contributed by atoms with Gasteiger partial charge in [-0.1, -0.05) is 29.8 Å². The van der Waals surface area contributed by atoms with Crippen LogP contribution in [0.1, 0.15) is 34.8 Å². The highest BCUT2D eigenvalue weighted by Crippen LogP contribution is 2.37. The van der Waals surface area contributed by atoms with E-state index in [2.05, 4.69) is 0 Å². The molecule has 1 saturated heterocycles. The van der Waals surface area contributed by atoms with Gasteiger partial charge in [0.25, 0.3) is 5.91 Å². The maximum atomic E-state index is 13.2. The van der Waals surface area contributed by atoms with Crippen molar-refractivity contribution in [2.24, 2.45) is 0 Å². The summed E-state index contributed by atoms with van der Waals surface area (Å²) in [5.41, 5.74) is 1.57. The van der Waals surface area contributed by atoms with Gasteiger partial charge in [-0.3, -0.25) is 4.79 Å². The summed E-state index contributed by atoms with van der Waals surface area (Å²) in [7, 11) is 3.12. The lowest BCUT2D eigenvalue weighted by Gasteiger charge is -2.26. The van der Waals surface area contributed by atoms with Crippen molar-refractivity contribution in [2.75, 3.05) is 20.8 Å². The van der Waals surface area contributed by atoms with Gasteiger partial charge in [-0.05, 0) is 42.7 Å². The number of nitrogens with zero attached hydrogens (tertiary/aromatic N) is 1. The van der Waals surface area contributed by atoms with Gasteiger partial charge < -0.3 is 14.4 Å². The number of benzene rings is 2. The molecule has 0 N–H and O–H groups in total. The van der Waals surface area contributed by atoms with Gasteiger partial charge in [-0.2, -0.15) is 0 Å². The Bertz CT molecular complexity index is 708. The zero-order valence-electron chi connectivity index (χ0n) is 13.8. The monoisotopic (exact) mass is 345 g/mol. The van der Waals surface area contributed by atoms with Gasteiger partial charge in [-0.25, -0.2) is 0 Å². The molecule has 1 amide bonds. The number of rotatable bonds is 4. The molecular formula is C19H20ClNO3. The molecule has 5 heteroatoms. The first-order valence-corrected chi connectivity index (χ1v) is 8.31. The largest absolute Gasteiger partial charge is 0.496 e.